The molecule has 0 saturated heterocycles. The van der Waals surface area contributed by atoms with Crippen molar-refractivity contribution < 1.29 is 22.6 Å². The summed E-state index contributed by atoms with van der Waals surface area (Å²) < 4.78 is 48.8. The second-order valence-corrected chi connectivity index (χ2v) is 6.44. The number of halogens is 3. The molecule has 2 rings (SSSR count). The second-order valence-electron chi connectivity index (χ2n) is 6.44. The van der Waals surface area contributed by atoms with E-state index in [0.717, 1.165) is 22.5 Å². The molecule has 0 aliphatic carbocycles. The zero-order valence-electron chi connectivity index (χ0n) is 17.1. The van der Waals surface area contributed by atoms with Crippen LogP contribution in [0.3, 0.4) is 0 Å². The minimum absolute atomic E-state index is 0.0404. The normalized spacial score (nSPS) is 12.1. The fourth-order valence-corrected chi connectivity index (χ4v) is 2.75. The molecule has 2 aromatic rings. The van der Waals surface area contributed by atoms with Gasteiger partial charge in [-0.05, 0) is 31.5 Å². The van der Waals surface area contributed by atoms with E-state index >= 15 is 0 Å². The number of aryl methyl sites for hydroxylation is 2. The van der Waals surface area contributed by atoms with Gasteiger partial charge in [0.05, 0.1) is 12.8 Å². The minimum atomic E-state index is -4.41. The Bertz CT molecular complexity index is 862. The Morgan fingerprint density at radius 1 is 1.17 bits per heavy atom. The van der Waals surface area contributed by atoms with Gasteiger partial charge in [0, 0.05) is 38.4 Å². The van der Waals surface area contributed by atoms with Crippen LogP contribution in [0.5, 0.6) is 11.5 Å². The van der Waals surface area contributed by atoms with Gasteiger partial charge in [-0.25, -0.2) is 0 Å². The average Bonchev–Trinajstić information content (AvgIpc) is 2.91. The van der Waals surface area contributed by atoms with Gasteiger partial charge in [-0.3, -0.25) is 9.67 Å². The lowest BCUT2D eigenvalue weighted by molar-refractivity contribution is -0.153. The molecule has 0 amide bonds. The molecule has 0 unspecified atom stereocenters. The van der Waals surface area contributed by atoms with Crippen LogP contribution in [0.25, 0.3) is 0 Å². The fraction of sp³-hybridized carbons (Fsp3) is 0.474. The summed E-state index contributed by atoms with van der Waals surface area (Å²) in [4.78, 5) is 4.19. The van der Waals surface area contributed by atoms with Gasteiger partial charge in [-0.1, -0.05) is 6.07 Å². The summed E-state index contributed by atoms with van der Waals surface area (Å²) in [7, 11) is 4.94. The van der Waals surface area contributed by atoms with Crippen molar-refractivity contribution in [2.45, 2.75) is 33.1 Å². The number of aromatic nitrogens is 2. The third-order valence-corrected chi connectivity index (χ3v) is 4.39. The van der Waals surface area contributed by atoms with Crippen LogP contribution in [0.15, 0.2) is 23.2 Å². The second kappa shape index (κ2) is 9.53. The Balaban J connectivity index is 1.96. The van der Waals surface area contributed by atoms with Gasteiger partial charge in [-0.2, -0.15) is 18.3 Å². The number of guanidine groups is 1. The molecule has 1 heterocycles. The van der Waals surface area contributed by atoms with E-state index < -0.39 is 12.8 Å². The molecule has 0 atom stereocenters. The van der Waals surface area contributed by atoms with Crippen molar-refractivity contribution in [1.29, 1.82) is 0 Å². The van der Waals surface area contributed by atoms with Crippen LogP contribution in [0, 0.1) is 13.8 Å². The van der Waals surface area contributed by atoms with E-state index in [-0.39, 0.29) is 11.5 Å². The predicted molar refractivity (Wildman–Crippen MR) is 104 cm³/mol. The van der Waals surface area contributed by atoms with Crippen molar-refractivity contribution in [2.24, 2.45) is 12.0 Å². The quantitative estimate of drug-likeness (QED) is 0.540. The van der Waals surface area contributed by atoms with Crippen LogP contribution in [0.1, 0.15) is 22.5 Å². The maximum absolute atomic E-state index is 12.4. The first kappa shape index (κ1) is 22.4. The molecule has 0 spiro atoms. The number of ether oxygens (including phenoxy) is 2. The highest BCUT2D eigenvalue weighted by Gasteiger charge is 2.29. The molecule has 0 radical (unpaired) electrons. The van der Waals surface area contributed by atoms with Crippen molar-refractivity contribution >= 4 is 5.96 Å². The molecular formula is C19H26F3N5O2. The van der Waals surface area contributed by atoms with Crippen molar-refractivity contribution in [2.75, 3.05) is 20.8 Å². The monoisotopic (exact) mass is 413 g/mol. The highest BCUT2D eigenvalue weighted by molar-refractivity contribution is 5.79. The van der Waals surface area contributed by atoms with Crippen molar-refractivity contribution in [3.63, 3.8) is 0 Å². The molecule has 10 heteroatoms. The standard InChI is InChI=1S/C19H26F3N5O2/c1-12-15(13(2)27(4)26-12)10-25-18(23-3)24-9-14-6-7-16(17(8-14)28-5)29-11-19(20,21)22/h6-8H,9-11H2,1-5H3,(H2,23,24,25). The summed E-state index contributed by atoms with van der Waals surface area (Å²) in [6, 6.07) is 4.76. The van der Waals surface area contributed by atoms with Gasteiger partial charge in [0.2, 0.25) is 0 Å². The Hall–Kier alpha value is -2.91. The number of rotatable bonds is 7. The van der Waals surface area contributed by atoms with E-state index in [2.05, 4.69) is 20.7 Å². The molecule has 1 aromatic heterocycles. The maximum Gasteiger partial charge on any atom is 0.422 e. The van der Waals surface area contributed by atoms with Crippen LogP contribution >= 0.6 is 0 Å². The molecule has 0 aliphatic rings. The Morgan fingerprint density at radius 2 is 1.86 bits per heavy atom. The predicted octanol–water partition coefficient (Wildman–Crippen LogP) is 2.85. The minimum Gasteiger partial charge on any atom is -0.493 e. The van der Waals surface area contributed by atoms with Gasteiger partial charge in [-0.15, -0.1) is 0 Å². The highest BCUT2D eigenvalue weighted by Crippen LogP contribution is 2.29. The van der Waals surface area contributed by atoms with Crippen LogP contribution < -0.4 is 20.1 Å². The van der Waals surface area contributed by atoms with Gasteiger partial charge in [0.15, 0.2) is 24.1 Å². The Morgan fingerprint density at radius 3 is 2.41 bits per heavy atom. The van der Waals surface area contributed by atoms with Gasteiger partial charge >= 0.3 is 6.18 Å². The largest absolute Gasteiger partial charge is 0.493 e. The zero-order chi connectivity index (χ0) is 21.6. The Labute approximate surface area is 167 Å². The first-order valence-electron chi connectivity index (χ1n) is 8.94. The summed E-state index contributed by atoms with van der Waals surface area (Å²) in [5.74, 6) is 0.862. The summed E-state index contributed by atoms with van der Waals surface area (Å²) in [5.41, 5.74) is 3.93. The summed E-state index contributed by atoms with van der Waals surface area (Å²) in [5, 5.41) is 10.8. The lowest BCUT2D eigenvalue weighted by Crippen LogP contribution is -2.36. The molecule has 0 saturated carbocycles. The highest BCUT2D eigenvalue weighted by atomic mass is 19.4. The number of nitrogens with one attached hydrogen (secondary N) is 2. The van der Waals surface area contributed by atoms with Crippen LogP contribution in [0.2, 0.25) is 0 Å². The average molecular weight is 413 g/mol. The fourth-order valence-electron chi connectivity index (χ4n) is 2.75. The van der Waals surface area contributed by atoms with E-state index in [1.807, 2.05) is 25.6 Å². The topological polar surface area (TPSA) is 72.7 Å². The van der Waals surface area contributed by atoms with Gasteiger partial charge in [0.25, 0.3) is 0 Å². The van der Waals surface area contributed by atoms with Crippen molar-refractivity contribution in [3.05, 3.63) is 40.7 Å². The number of hydrogen-bond donors (Lipinski definition) is 2. The third-order valence-electron chi connectivity index (χ3n) is 4.39. The first-order chi connectivity index (χ1) is 13.6. The zero-order valence-corrected chi connectivity index (χ0v) is 17.1. The molecule has 0 bridgehead atoms. The number of methoxy groups -OCH3 is 1. The number of aliphatic imine (C=N–C) groups is 1. The summed E-state index contributed by atoms with van der Waals surface area (Å²) in [6.07, 6.45) is -4.41. The van der Waals surface area contributed by atoms with E-state index in [0.29, 0.717) is 19.0 Å². The number of nitrogens with zero attached hydrogens (tertiary/aromatic N) is 3. The van der Waals surface area contributed by atoms with E-state index in [9.17, 15) is 13.2 Å². The van der Waals surface area contributed by atoms with Gasteiger partial charge < -0.3 is 20.1 Å². The number of benzene rings is 1. The van der Waals surface area contributed by atoms with Crippen molar-refractivity contribution in [1.82, 2.24) is 20.4 Å². The maximum atomic E-state index is 12.4. The first-order valence-corrected chi connectivity index (χ1v) is 8.94. The Kier molecular flexibility index (Phi) is 7.35. The molecule has 0 aliphatic heterocycles. The molecule has 1 aromatic carbocycles. The van der Waals surface area contributed by atoms with Crippen LogP contribution in [-0.4, -0.2) is 42.7 Å². The summed E-state index contributed by atoms with van der Waals surface area (Å²) in [6.45, 7) is 3.56. The van der Waals surface area contributed by atoms with Crippen molar-refractivity contribution in [3.8, 4) is 11.5 Å². The van der Waals surface area contributed by atoms with E-state index in [4.69, 9.17) is 9.47 Å². The molecular weight excluding hydrogens is 387 g/mol. The lowest BCUT2D eigenvalue weighted by atomic mass is 10.2. The van der Waals surface area contributed by atoms with E-state index in [1.54, 1.807) is 19.2 Å². The third kappa shape index (κ3) is 6.30. The molecule has 160 valence electrons. The van der Waals surface area contributed by atoms with Crippen LogP contribution in [0.4, 0.5) is 13.2 Å². The number of hydrogen-bond acceptors (Lipinski definition) is 4. The molecule has 7 nitrogen and oxygen atoms in total. The number of alkyl halides is 3. The van der Waals surface area contributed by atoms with E-state index in [1.165, 1.54) is 13.2 Å². The van der Waals surface area contributed by atoms with Gasteiger partial charge in [0.1, 0.15) is 0 Å². The summed E-state index contributed by atoms with van der Waals surface area (Å²) >= 11 is 0. The van der Waals surface area contributed by atoms with Crippen LogP contribution in [-0.2, 0) is 20.1 Å². The smallest absolute Gasteiger partial charge is 0.422 e. The molecule has 29 heavy (non-hydrogen) atoms. The molecule has 0 fully saturated rings. The SMILES string of the molecule is CN=C(NCc1ccc(OCC(F)(F)F)c(OC)c1)NCc1c(C)nn(C)c1C. The lowest BCUT2D eigenvalue weighted by Gasteiger charge is -2.15. The molecule has 2 N–H and O–H groups in total.